The Labute approximate surface area is 123 Å². The van der Waals surface area contributed by atoms with Gasteiger partial charge in [-0.25, -0.2) is 0 Å². The van der Waals surface area contributed by atoms with Crippen LogP contribution in [-0.4, -0.2) is 13.2 Å². The zero-order valence-electron chi connectivity index (χ0n) is 11.8. The highest BCUT2D eigenvalue weighted by Gasteiger charge is 2.14. The fourth-order valence-corrected chi connectivity index (χ4v) is 2.23. The molecule has 1 unspecified atom stereocenters. The summed E-state index contributed by atoms with van der Waals surface area (Å²) < 4.78 is 16.4. The summed E-state index contributed by atoms with van der Waals surface area (Å²) in [5, 5.41) is 12.1. The zero-order valence-corrected chi connectivity index (χ0v) is 11.8. The second-order valence-corrected chi connectivity index (χ2v) is 4.88. The molecule has 5 nitrogen and oxygen atoms in total. The monoisotopic (exact) mass is 284 g/mol. The summed E-state index contributed by atoms with van der Waals surface area (Å²) in [6, 6.07) is 11.5. The summed E-state index contributed by atoms with van der Waals surface area (Å²) in [7, 11) is 0. The van der Waals surface area contributed by atoms with Crippen LogP contribution in [0.2, 0.25) is 0 Å². The molecule has 1 aromatic carbocycles. The van der Waals surface area contributed by atoms with Crippen molar-refractivity contribution in [3.63, 3.8) is 0 Å². The lowest BCUT2D eigenvalue weighted by molar-refractivity contribution is 0.171. The summed E-state index contributed by atoms with van der Waals surface area (Å²) in [6.45, 7) is 3.82. The molecule has 1 aliphatic rings. The lowest BCUT2D eigenvalue weighted by atomic mass is 10.1. The molecule has 108 valence electrons. The maximum Gasteiger partial charge on any atom is 0.203 e. The predicted octanol–water partition coefficient (Wildman–Crippen LogP) is 2.77. The van der Waals surface area contributed by atoms with Gasteiger partial charge in [0.15, 0.2) is 11.5 Å². The number of hydrogen-bond donors (Lipinski definition) is 1. The van der Waals surface area contributed by atoms with Crippen LogP contribution in [0.3, 0.4) is 0 Å². The second kappa shape index (κ2) is 5.90. The zero-order chi connectivity index (χ0) is 14.7. The van der Waals surface area contributed by atoms with Crippen LogP contribution in [0.5, 0.6) is 11.5 Å². The van der Waals surface area contributed by atoms with Crippen LogP contribution < -0.4 is 14.8 Å². The number of fused-ring (bicyclic) bond motifs is 1. The number of nitrogens with one attached hydrogen (secondary N) is 1. The number of ether oxygens (including phenoxy) is 2. The summed E-state index contributed by atoms with van der Waals surface area (Å²) in [6.07, 6.45) is 0. The number of benzene rings is 1. The molecule has 0 bridgehead atoms. The van der Waals surface area contributed by atoms with Crippen LogP contribution in [0.1, 0.15) is 30.0 Å². The Morgan fingerprint density at radius 3 is 2.76 bits per heavy atom. The first kappa shape index (κ1) is 13.5. The van der Waals surface area contributed by atoms with Crippen molar-refractivity contribution in [1.82, 2.24) is 5.32 Å². The molecule has 0 amide bonds. The molecule has 0 saturated carbocycles. The van der Waals surface area contributed by atoms with Crippen LogP contribution in [0, 0.1) is 11.3 Å². The molecule has 0 fully saturated rings. The first-order valence-electron chi connectivity index (χ1n) is 6.88. The minimum absolute atomic E-state index is 0.136. The van der Waals surface area contributed by atoms with E-state index < -0.39 is 0 Å². The van der Waals surface area contributed by atoms with Crippen LogP contribution in [0.25, 0.3) is 0 Å². The van der Waals surface area contributed by atoms with Gasteiger partial charge in [-0.05, 0) is 36.8 Å². The van der Waals surface area contributed by atoms with Crippen molar-refractivity contribution in [2.45, 2.75) is 19.5 Å². The van der Waals surface area contributed by atoms with E-state index in [1.165, 1.54) is 0 Å². The highest BCUT2D eigenvalue weighted by molar-refractivity contribution is 5.44. The Kier molecular flexibility index (Phi) is 3.80. The summed E-state index contributed by atoms with van der Waals surface area (Å²) >= 11 is 0. The minimum atomic E-state index is 0.136. The molecule has 1 atom stereocenters. The van der Waals surface area contributed by atoms with Crippen molar-refractivity contribution in [1.29, 1.82) is 5.26 Å². The van der Waals surface area contributed by atoms with E-state index in [9.17, 15) is 0 Å². The van der Waals surface area contributed by atoms with E-state index in [0.29, 0.717) is 25.5 Å². The Morgan fingerprint density at radius 1 is 1.19 bits per heavy atom. The highest BCUT2D eigenvalue weighted by Crippen LogP contribution is 2.32. The van der Waals surface area contributed by atoms with Crippen LogP contribution in [0.4, 0.5) is 0 Å². The van der Waals surface area contributed by atoms with Gasteiger partial charge in [-0.15, -0.1) is 0 Å². The lowest BCUT2D eigenvalue weighted by Gasteiger charge is -2.21. The van der Waals surface area contributed by atoms with Crippen molar-refractivity contribution in [3.05, 3.63) is 47.4 Å². The third-order valence-electron chi connectivity index (χ3n) is 3.42. The van der Waals surface area contributed by atoms with E-state index in [1.54, 1.807) is 6.07 Å². The van der Waals surface area contributed by atoms with E-state index in [2.05, 4.69) is 12.2 Å². The van der Waals surface area contributed by atoms with Gasteiger partial charge in [-0.2, -0.15) is 5.26 Å². The lowest BCUT2D eigenvalue weighted by Crippen LogP contribution is -2.19. The Morgan fingerprint density at radius 2 is 2.00 bits per heavy atom. The Bertz CT molecular complexity index is 672. The molecule has 1 N–H and O–H groups in total. The number of rotatable bonds is 4. The SMILES string of the molecule is CC(NCc1ccc(C#N)o1)c1ccc2c(c1)OCCO2. The maximum atomic E-state index is 8.73. The molecular formula is C16H16N2O3. The molecule has 3 rings (SSSR count). The van der Waals surface area contributed by atoms with Crippen molar-refractivity contribution < 1.29 is 13.9 Å². The first-order chi connectivity index (χ1) is 10.3. The van der Waals surface area contributed by atoms with Gasteiger partial charge in [0.1, 0.15) is 25.0 Å². The smallest absolute Gasteiger partial charge is 0.203 e. The van der Waals surface area contributed by atoms with Gasteiger partial charge in [0.2, 0.25) is 5.76 Å². The maximum absolute atomic E-state index is 8.73. The number of nitrogens with zero attached hydrogens (tertiary/aromatic N) is 1. The first-order valence-corrected chi connectivity index (χ1v) is 6.88. The highest BCUT2D eigenvalue weighted by atomic mass is 16.6. The van der Waals surface area contributed by atoms with Crippen molar-refractivity contribution >= 4 is 0 Å². The van der Waals surface area contributed by atoms with Crippen molar-refractivity contribution in [2.24, 2.45) is 0 Å². The van der Waals surface area contributed by atoms with E-state index in [1.807, 2.05) is 30.3 Å². The fourth-order valence-electron chi connectivity index (χ4n) is 2.23. The quantitative estimate of drug-likeness (QED) is 0.935. The molecule has 0 spiro atoms. The summed E-state index contributed by atoms with van der Waals surface area (Å²) in [5.74, 6) is 2.66. The standard InChI is InChI=1S/C16H16N2O3/c1-11(18-10-14-4-3-13(9-17)21-14)12-2-5-15-16(8-12)20-7-6-19-15/h2-5,8,11,18H,6-7,10H2,1H3. The van der Waals surface area contributed by atoms with Gasteiger partial charge in [0.25, 0.3) is 0 Å². The van der Waals surface area contributed by atoms with Gasteiger partial charge < -0.3 is 19.2 Å². The average molecular weight is 284 g/mol. The van der Waals surface area contributed by atoms with E-state index in [4.69, 9.17) is 19.2 Å². The van der Waals surface area contributed by atoms with Gasteiger partial charge in [0.05, 0.1) is 6.54 Å². The van der Waals surface area contributed by atoms with E-state index in [0.717, 1.165) is 22.8 Å². The molecular weight excluding hydrogens is 268 g/mol. The third-order valence-corrected chi connectivity index (χ3v) is 3.42. The van der Waals surface area contributed by atoms with E-state index >= 15 is 0 Å². The minimum Gasteiger partial charge on any atom is -0.486 e. The van der Waals surface area contributed by atoms with Crippen molar-refractivity contribution in [3.8, 4) is 17.6 Å². The Hall–Kier alpha value is -2.45. The topological polar surface area (TPSA) is 67.4 Å². The molecule has 1 aliphatic heterocycles. The molecule has 5 heteroatoms. The number of nitriles is 1. The normalized spacial score (nSPS) is 14.5. The summed E-state index contributed by atoms with van der Waals surface area (Å²) in [5.41, 5.74) is 1.12. The van der Waals surface area contributed by atoms with Gasteiger partial charge in [-0.1, -0.05) is 6.07 Å². The van der Waals surface area contributed by atoms with Crippen LogP contribution >= 0.6 is 0 Å². The molecule has 1 aromatic heterocycles. The molecule has 0 radical (unpaired) electrons. The van der Waals surface area contributed by atoms with Gasteiger partial charge in [0, 0.05) is 6.04 Å². The third kappa shape index (κ3) is 3.01. The van der Waals surface area contributed by atoms with Gasteiger partial charge in [-0.3, -0.25) is 0 Å². The molecule has 21 heavy (non-hydrogen) atoms. The fraction of sp³-hybridized carbons (Fsp3) is 0.312. The van der Waals surface area contributed by atoms with Crippen LogP contribution in [-0.2, 0) is 6.54 Å². The van der Waals surface area contributed by atoms with Gasteiger partial charge >= 0.3 is 0 Å². The number of furan rings is 1. The second-order valence-electron chi connectivity index (χ2n) is 4.88. The van der Waals surface area contributed by atoms with Crippen molar-refractivity contribution in [2.75, 3.05) is 13.2 Å². The predicted molar refractivity (Wildman–Crippen MR) is 76.1 cm³/mol. The van der Waals surface area contributed by atoms with E-state index in [-0.39, 0.29) is 6.04 Å². The largest absolute Gasteiger partial charge is 0.486 e. The average Bonchev–Trinajstić information content (AvgIpc) is 3.00. The van der Waals surface area contributed by atoms with Crippen LogP contribution in [0.15, 0.2) is 34.7 Å². The molecule has 2 aromatic rings. The molecule has 0 saturated heterocycles. The number of hydrogen-bond acceptors (Lipinski definition) is 5. The Balaban J connectivity index is 1.65. The summed E-state index contributed by atoms with van der Waals surface area (Å²) in [4.78, 5) is 0. The molecule has 2 heterocycles. The molecule has 0 aliphatic carbocycles.